The van der Waals surface area contributed by atoms with Crippen LogP contribution in [0.2, 0.25) is 0 Å². The lowest BCUT2D eigenvalue weighted by Gasteiger charge is -2.25. The molecule has 0 aliphatic rings. The van der Waals surface area contributed by atoms with Crippen molar-refractivity contribution in [2.45, 2.75) is 77.2 Å². The average Bonchev–Trinajstić information content (AvgIpc) is 2.16. The third-order valence-electron chi connectivity index (χ3n) is 2.55. The van der Waals surface area contributed by atoms with Crippen molar-refractivity contribution in [3.05, 3.63) is 0 Å². The van der Waals surface area contributed by atoms with Gasteiger partial charge in [-0.1, -0.05) is 26.7 Å². The largest absolute Gasteiger partial charge is 0.375 e. The number of hydrogen-bond acceptors (Lipinski definition) is 5. The molecule has 17 heavy (non-hydrogen) atoms. The molecule has 0 aromatic heterocycles. The molecular weight excluding hydrogens is 224 g/mol. The molecule has 0 aromatic rings. The highest BCUT2D eigenvalue weighted by molar-refractivity contribution is 4.65. The standard InChI is InChI=1S/C12H26O5/c1-3-5-9(7-11(13)14)17-10(6-4-2)8-12(15)16/h9-16H,3-8H2,1-2H3. The van der Waals surface area contributed by atoms with E-state index in [1.54, 1.807) is 0 Å². The minimum atomic E-state index is -1.38. The minimum Gasteiger partial charge on any atom is -0.375 e. The van der Waals surface area contributed by atoms with Gasteiger partial charge in [0.05, 0.1) is 12.2 Å². The van der Waals surface area contributed by atoms with Crippen molar-refractivity contribution < 1.29 is 25.2 Å². The number of aliphatic hydroxyl groups excluding tert-OH is 2. The molecule has 104 valence electrons. The quantitative estimate of drug-likeness (QED) is 0.429. The van der Waals surface area contributed by atoms with Gasteiger partial charge in [0.25, 0.3) is 0 Å². The van der Waals surface area contributed by atoms with Gasteiger partial charge in [-0.15, -0.1) is 0 Å². The first-order chi connectivity index (χ1) is 7.99. The van der Waals surface area contributed by atoms with E-state index in [0.717, 1.165) is 25.7 Å². The van der Waals surface area contributed by atoms with Gasteiger partial charge < -0.3 is 25.2 Å². The molecule has 0 bridgehead atoms. The Hall–Kier alpha value is -0.200. The highest BCUT2D eigenvalue weighted by Gasteiger charge is 2.19. The van der Waals surface area contributed by atoms with Crippen molar-refractivity contribution >= 4 is 0 Å². The lowest BCUT2D eigenvalue weighted by Crippen LogP contribution is -2.29. The van der Waals surface area contributed by atoms with Gasteiger partial charge in [0.1, 0.15) is 0 Å². The number of rotatable bonds is 10. The number of hydrogen-bond donors (Lipinski definition) is 4. The molecule has 0 rings (SSSR count). The zero-order chi connectivity index (χ0) is 13.3. The van der Waals surface area contributed by atoms with Crippen molar-refractivity contribution in [1.82, 2.24) is 0 Å². The minimum absolute atomic E-state index is 0.162. The van der Waals surface area contributed by atoms with E-state index in [-0.39, 0.29) is 25.0 Å². The Kier molecular flexibility index (Phi) is 9.68. The summed E-state index contributed by atoms with van der Waals surface area (Å²) in [4.78, 5) is 0. The van der Waals surface area contributed by atoms with E-state index >= 15 is 0 Å². The summed E-state index contributed by atoms with van der Waals surface area (Å²) in [7, 11) is 0. The van der Waals surface area contributed by atoms with Crippen molar-refractivity contribution in [3.8, 4) is 0 Å². The molecule has 0 saturated heterocycles. The van der Waals surface area contributed by atoms with Gasteiger partial charge >= 0.3 is 0 Å². The van der Waals surface area contributed by atoms with Crippen LogP contribution < -0.4 is 0 Å². The first kappa shape index (κ1) is 16.8. The Morgan fingerprint density at radius 2 is 1.12 bits per heavy atom. The second-order valence-electron chi connectivity index (χ2n) is 4.39. The molecule has 0 aliphatic heterocycles. The summed E-state index contributed by atoms with van der Waals surface area (Å²) in [6, 6.07) is 0. The van der Waals surface area contributed by atoms with Crippen LogP contribution in [0.25, 0.3) is 0 Å². The van der Waals surface area contributed by atoms with Gasteiger partial charge in [-0.3, -0.25) is 0 Å². The zero-order valence-electron chi connectivity index (χ0n) is 10.7. The van der Waals surface area contributed by atoms with Gasteiger partial charge in [-0.2, -0.15) is 0 Å². The summed E-state index contributed by atoms with van der Waals surface area (Å²) in [6.45, 7) is 3.99. The van der Waals surface area contributed by atoms with Crippen LogP contribution in [0.15, 0.2) is 0 Å². The van der Waals surface area contributed by atoms with E-state index in [1.807, 2.05) is 13.8 Å². The molecule has 2 atom stereocenters. The third-order valence-corrected chi connectivity index (χ3v) is 2.55. The molecule has 5 nitrogen and oxygen atoms in total. The maximum Gasteiger partial charge on any atom is 0.153 e. The van der Waals surface area contributed by atoms with Crippen LogP contribution in [-0.2, 0) is 4.74 Å². The summed E-state index contributed by atoms with van der Waals surface area (Å²) in [5.41, 5.74) is 0. The Labute approximate surface area is 103 Å². The summed E-state index contributed by atoms with van der Waals surface area (Å²) in [6.07, 6.45) is 0.325. The molecule has 0 fully saturated rings. The van der Waals surface area contributed by atoms with E-state index in [0.29, 0.717) is 0 Å². The topological polar surface area (TPSA) is 90.2 Å². The first-order valence-corrected chi connectivity index (χ1v) is 6.37. The molecule has 0 aromatic carbocycles. The molecular formula is C12H26O5. The van der Waals surface area contributed by atoms with Gasteiger partial charge in [0.2, 0.25) is 0 Å². The molecule has 5 heteroatoms. The van der Waals surface area contributed by atoms with Gasteiger partial charge in [0.15, 0.2) is 12.6 Å². The molecule has 0 radical (unpaired) electrons. The van der Waals surface area contributed by atoms with E-state index in [2.05, 4.69) is 0 Å². The van der Waals surface area contributed by atoms with E-state index in [9.17, 15) is 0 Å². The Balaban J connectivity index is 4.22. The maximum absolute atomic E-state index is 8.95. The summed E-state index contributed by atoms with van der Waals surface area (Å²) >= 11 is 0. The highest BCUT2D eigenvalue weighted by atomic mass is 16.5. The zero-order valence-corrected chi connectivity index (χ0v) is 10.7. The number of aliphatic hydroxyl groups is 4. The van der Waals surface area contributed by atoms with Crippen molar-refractivity contribution in [3.63, 3.8) is 0 Å². The van der Waals surface area contributed by atoms with Crippen LogP contribution >= 0.6 is 0 Å². The van der Waals surface area contributed by atoms with Gasteiger partial charge in [-0.25, -0.2) is 0 Å². The van der Waals surface area contributed by atoms with Crippen molar-refractivity contribution in [2.75, 3.05) is 0 Å². The smallest absolute Gasteiger partial charge is 0.153 e. The molecule has 0 aliphatic carbocycles. The van der Waals surface area contributed by atoms with Crippen LogP contribution in [-0.4, -0.2) is 45.2 Å². The van der Waals surface area contributed by atoms with Crippen LogP contribution in [0.5, 0.6) is 0 Å². The van der Waals surface area contributed by atoms with Gasteiger partial charge in [-0.05, 0) is 12.8 Å². The summed E-state index contributed by atoms with van der Waals surface area (Å²) in [5.74, 6) is 0. The lowest BCUT2D eigenvalue weighted by atomic mass is 10.1. The second-order valence-corrected chi connectivity index (χ2v) is 4.39. The fourth-order valence-electron chi connectivity index (χ4n) is 1.87. The summed E-state index contributed by atoms with van der Waals surface area (Å²) < 4.78 is 5.71. The molecule has 0 heterocycles. The fourth-order valence-corrected chi connectivity index (χ4v) is 1.87. The maximum atomic E-state index is 8.95. The Morgan fingerprint density at radius 1 is 0.765 bits per heavy atom. The van der Waals surface area contributed by atoms with Crippen LogP contribution in [0, 0.1) is 0 Å². The van der Waals surface area contributed by atoms with Crippen LogP contribution in [0.1, 0.15) is 52.4 Å². The van der Waals surface area contributed by atoms with E-state index in [1.165, 1.54) is 0 Å². The molecule has 0 amide bonds. The fraction of sp³-hybridized carbons (Fsp3) is 1.00. The predicted molar refractivity (Wildman–Crippen MR) is 64.2 cm³/mol. The second kappa shape index (κ2) is 9.79. The molecule has 2 unspecified atom stereocenters. The Bertz CT molecular complexity index is 154. The first-order valence-electron chi connectivity index (χ1n) is 6.37. The average molecular weight is 250 g/mol. The SMILES string of the molecule is CCCC(CC(O)O)OC(CCC)CC(O)O. The van der Waals surface area contributed by atoms with Gasteiger partial charge in [0, 0.05) is 12.8 Å². The highest BCUT2D eigenvalue weighted by Crippen LogP contribution is 2.17. The molecule has 0 spiro atoms. The normalized spacial score (nSPS) is 15.5. The van der Waals surface area contributed by atoms with Crippen molar-refractivity contribution in [1.29, 1.82) is 0 Å². The summed E-state index contributed by atoms with van der Waals surface area (Å²) in [5, 5.41) is 35.8. The monoisotopic (exact) mass is 250 g/mol. The number of ether oxygens (including phenoxy) is 1. The third kappa shape index (κ3) is 9.50. The molecule has 4 N–H and O–H groups in total. The van der Waals surface area contributed by atoms with Crippen LogP contribution in [0.4, 0.5) is 0 Å². The predicted octanol–water partition coefficient (Wildman–Crippen LogP) is 0.742. The van der Waals surface area contributed by atoms with E-state index in [4.69, 9.17) is 25.2 Å². The van der Waals surface area contributed by atoms with E-state index < -0.39 is 12.6 Å². The lowest BCUT2D eigenvalue weighted by molar-refractivity contribution is -0.127. The van der Waals surface area contributed by atoms with Crippen molar-refractivity contribution in [2.24, 2.45) is 0 Å². The van der Waals surface area contributed by atoms with Crippen LogP contribution in [0.3, 0.4) is 0 Å². The molecule has 0 saturated carbocycles. The Morgan fingerprint density at radius 3 is 1.35 bits per heavy atom.